The third-order valence-electron chi connectivity index (χ3n) is 2.98. The van der Waals surface area contributed by atoms with Crippen LogP contribution in [0, 0.1) is 9.39 Å². The van der Waals surface area contributed by atoms with Gasteiger partial charge in [0.15, 0.2) is 11.4 Å². The average Bonchev–Trinajstić information content (AvgIpc) is 2.84. The van der Waals surface area contributed by atoms with Crippen LogP contribution in [0.1, 0.15) is 17.4 Å². The quantitative estimate of drug-likeness (QED) is 0.686. The predicted octanol–water partition coefficient (Wildman–Crippen LogP) is 4.26. The zero-order valence-electron chi connectivity index (χ0n) is 9.81. The van der Waals surface area contributed by atoms with Crippen molar-refractivity contribution in [3.63, 3.8) is 0 Å². The van der Waals surface area contributed by atoms with E-state index in [0.29, 0.717) is 11.1 Å². The average molecular weight is 368 g/mol. The van der Waals surface area contributed by atoms with Crippen molar-refractivity contribution in [3.05, 3.63) is 69.2 Å². The minimum Gasteiger partial charge on any atom is -0.455 e. The fraction of sp³-hybridized carbons (Fsp3) is 0.0667. The van der Waals surface area contributed by atoms with Crippen LogP contribution in [-0.4, -0.2) is 5.11 Å². The van der Waals surface area contributed by atoms with Crippen LogP contribution < -0.4 is 0 Å². The molecule has 0 radical (unpaired) electrons. The summed E-state index contributed by atoms with van der Waals surface area (Å²) in [5, 5.41) is 11.0. The number of para-hydroxylation sites is 1. The van der Waals surface area contributed by atoms with E-state index in [-0.39, 0.29) is 5.58 Å². The largest absolute Gasteiger partial charge is 0.455 e. The predicted molar refractivity (Wildman–Crippen MR) is 79.4 cm³/mol. The van der Waals surface area contributed by atoms with Crippen molar-refractivity contribution in [2.75, 3.05) is 0 Å². The molecule has 0 aliphatic heterocycles. The molecule has 1 unspecified atom stereocenters. The van der Waals surface area contributed by atoms with Crippen LogP contribution in [0.2, 0.25) is 0 Å². The highest BCUT2D eigenvalue weighted by molar-refractivity contribution is 14.1. The van der Waals surface area contributed by atoms with Gasteiger partial charge in [-0.15, -0.1) is 0 Å². The van der Waals surface area contributed by atoms with Gasteiger partial charge in [0.25, 0.3) is 0 Å². The van der Waals surface area contributed by atoms with Crippen molar-refractivity contribution in [3.8, 4) is 0 Å². The van der Waals surface area contributed by atoms with Gasteiger partial charge in [0.05, 0.1) is 0 Å². The summed E-state index contributed by atoms with van der Waals surface area (Å²) >= 11 is 2.15. The van der Waals surface area contributed by atoms with E-state index in [9.17, 15) is 9.50 Å². The van der Waals surface area contributed by atoms with E-state index in [0.717, 1.165) is 9.13 Å². The summed E-state index contributed by atoms with van der Waals surface area (Å²) in [6.07, 6.45) is -0.889. The molecule has 0 saturated heterocycles. The monoisotopic (exact) mass is 368 g/mol. The lowest BCUT2D eigenvalue weighted by molar-refractivity contribution is 0.191. The smallest absolute Gasteiger partial charge is 0.170 e. The fourth-order valence-corrected chi connectivity index (χ4v) is 2.71. The van der Waals surface area contributed by atoms with Gasteiger partial charge in [0, 0.05) is 14.5 Å². The maximum absolute atomic E-state index is 13.6. The Hall–Kier alpha value is -1.40. The maximum atomic E-state index is 13.6. The topological polar surface area (TPSA) is 33.4 Å². The normalized spacial score (nSPS) is 12.8. The Morgan fingerprint density at radius 2 is 1.89 bits per heavy atom. The molecule has 1 heterocycles. The standard InChI is InChI=1S/C15H10FIO2/c16-11-6-3-4-9-8-13(19-15(9)11)14(18)10-5-1-2-7-12(10)17/h1-8,14,18H. The number of halogens is 2. The van der Waals surface area contributed by atoms with Crippen LogP contribution in [0.5, 0.6) is 0 Å². The van der Waals surface area contributed by atoms with Crippen molar-refractivity contribution >= 4 is 33.6 Å². The first kappa shape index (κ1) is 12.6. The SMILES string of the molecule is OC(c1cc2cccc(F)c2o1)c1ccccc1I. The number of fused-ring (bicyclic) bond motifs is 1. The summed E-state index contributed by atoms with van der Waals surface area (Å²) in [6.45, 7) is 0. The van der Waals surface area contributed by atoms with Crippen LogP contribution in [0.25, 0.3) is 11.0 Å². The number of benzene rings is 2. The van der Waals surface area contributed by atoms with Gasteiger partial charge in [0.2, 0.25) is 0 Å². The van der Waals surface area contributed by atoms with E-state index in [4.69, 9.17) is 4.42 Å². The number of aliphatic hydroxyl groups excluding tert-OH is 1. The Morgan fingerprint density at radius 1 is 1.11 bits per heavy atom. The molecule has 2 nitrogen and oxygen atoms in total. The van der Waals surface area contributed by atoms with Gasteiger partial charge < -0.3 is 9.52 Å². The molecule has 0 fully saturated rings. The third-order valence-corrected chi connectivity index (χ3v) is 3.97. The summed E-state index contributed by atoms with van der Waals surface area (Å²) in [5.74, 6) is -0.0667. The van der Waals surface area contributed by atoms with Crippen LogP contribution in [0.15, 0.2) is 52.9 Å². The lowest BCUT2D eigenvalue weighted by atomic mass is 10.1. The summed E-state index contributed by atoms with van der Waals surface area (Å²) in [5.41, 5.74) is 0.935. The number of hydrogen-bond acceptors (Lipinski definition) is 2. The minimum absolute atomic E-state index is 0.183. The van der Waals surface area contributed by atoms with Crippen LogP contribution >= 0.6 is 22.6 Å². The van der Waals surface area contributed by atoms with Crippen molar-refractivity contribution in [1.82, 2.24) is 0 Å². The maximum Gasteiger partial charge on any atom is 0.170 e. The Labute approximate surface area is 123 Å². The second kappa shape index (κ2) is 4.94. The summed E-state index contributed by atoms with van der Waals surface area (Å²) < 4.78 is 19.9. The lowest BCUT2D eigenvalue weighted by Gasteiger charge is -2.09. The Kier molecular flexibility index (Phi) is 3.28. The first-order valence-corrected chi connectivity index (χ1v) is 6.85. The van der Waals surface area contributed by atoms with Gasteiger partial charge in [-0.3, -0.25) is 0 Å². The first-order valence-electron chi connectivity index (χ1n) is 5.77. The second-order valence-electron chi connectivity index (χ2n) is 4.23. The van der Waals surface area contributed by atoms with Gasteiger partial charge >= 0.3 is 0 Å². The van der Waals surface area contributed by atoms with Gasteiger partial charge in [0.1, 0.15) is 11.9 Å². The van der Waals surface area contributed by atoms with E-state index >= 15 is 0 Å². The number of rotatable bonds is 2. The van der Waals surface area contributed by atoms with E-state index in [2.05, 4.69) is 22.6 Å². The van der Waals surface area contributed by atoms with Crippen molar-refractivity contribution in [1.29, 1.82) is 0 Å². The Bertz CT molecular complexity index is 736. The van der Waals surface area contributed by atoms with Gasteiger partial charge in [-0.05, 0) is 40.8 Å². The molecule has 2 aromatic carbocycles. The third kappa shape index (κ3) is 2.26. The molecule has 1 aromatic heterocycles. The molecule has 0 saturated carbocycles. The summed E-state index contributed by atoms with van der Waals surface area (Å²) in [6, 6.07) is 13.9. The van der Waals surface area contributed by atoms with Crippen molar-refractivity contribution < 1.29 is 13.9 Å². The molecule has 96 valence electrons. The van der Waals surface area contributed by atoms with Crippen LogP contribution in [0.3, 0.4) is 0 Å². The highest BCUT2D eigenvalue weighted by Gasteiger charge is 2.18. The van der Waals surface area contributed by atoms with E-state index in [1.807, 2.05) is 24.3 Å². The summed E-state index contributed by atoms with van der Waals surface area (Å²) in [4.78, 5) is 0. The van der Waals surface area contributed by atoms with E-state index < -0.39 is 11.9 Å². The van der Waals surface area contributed by atoms with Gasteiger partial charge in [-0.2, -0.15) is 0 Å². The number of aliphatic hydroxyl groups is 1. The first-order chi connectivity index (χ1) is 9.16. The van der Waals surface area contributed by atoms with E-state index in [1.165, 1.54) is 6.07 Å². The molecule has 19 heavy (non-hydrogen) atoms. The number of hydrogen-bond donors (Lipinski definition) is 1. The van der Waals surface area contributed by atoms with Crippen molar-refractivity contribution in [2.24, 2.45) is 0 Å². The highest BCUT2D eigenvalue weighted by atomic mass is 127. The Balaban J connectivity index is 2.10. The molecule has 1 N–H and O–H groups in total. The van der Waals surface area contributed by atoms with Crippen LogP contribution in [-0.2, 0) is 0 Å². The molecule has 0 aliphatic rings. The molecular formula is C15H10FIO2. The van der Waals surface area contributed by atoms with Gasteiger partial charge in [-0.25, -0.2) is 4.39 Å². The molecular weight excluding hydrogens is 358 g/mol. The molecule has 4 heteroatoms. The molecule has 0 amide bonds. The van der Waals surface area contributed by atoms with Gasteiger partial charge in [-0.1, -0.05) is 30.3 Å². The Morgan fingerprint density at radius 3 is 2.63 bits per heavy atom. The number of furan rings is 1. The lowest BCUT2D eigenvalue weighted by Crippen LogP contribution is -2.00. The van der Waals surface area contributed by atoms with Crippen LogP contribution in [0.4, 0.5) is 4.39 Å². The second-order valence-corrected chi connectivity index (χ2v) is 5.39. The summed E-state index contributed by atoms with van der Waals surface area (Å²) in [7, 11) is 0. The minimum atomic E-state index is -0.889. The molecule has 1 atom stereocenters. The molecule has 3 rings (SSSR count). The zero-order valence-corrected chi connectivity index (χ0v) is 12.0. The highest BCUT2D eigenvalue weighted by Crippen LogP contribution is 2.31. The molecule has 0 spiro atoms. The van der Waals surface area contributed by atoms with E-state index in [1.54, 1.807) is 18.2 Å². The zero-order chi connectivity index (χ0) is 13.4. The van der Waals surface area contributed by atoms with Crippen molar-refractivity contribution in [2.45, 2.75) is 6.10 Å². The fourth-order valence-electron chi connectivity index (χ4n) is 2.03. The molecule has 0 aliphatic carbocycles. The molecule has 3 aromatic rings. The molecule has 0 bridgehead atoms.